The van der Waals surface area contributed by atoms with Gasteiger partial charge in [0.1, 0.15) is 0 Å². The van der Waals surface area contributed by atoms with Gasteiger partial charge in [-0.2, -0.15) is 0 Å². The molecule has 0 aliphatic rings. The van der Waals surface area contributed by atoms with E-state index in [0.717, 1.165) is 11.3 Å². The van der Waals surface area contributed by atoms with Gasteiger partial charge in [0.25, 0.3) is 0 Å². The molecule has 2 aromatic rings. The molecule has 2 rings (SSSR count). The quantitative estimate of drug-likeness (QED) is 0.547. The zero-order chi connectivity index (χ0) is 10.3. The fraction of sp³-hybridized carbons (Fsp3) is 0. The van der Waals surface area contributed by atoms with Crippen LogP contribution < -0.4 is 4.84 Å². The summed E-state index contributed by atoms with van der Waals surface area (Å²) in [6.07, 6.45) is 1.69. The van der Waals surface area contributed by atoms with Gasteiger partial charge in [-0.15, -0.1) is 0 Å². The molecular formula is C13H11NO. The summed E-state index contributed by atoms with van der Waals surface area (Å²) >= 11 is 0. The molecule has 0 heterocycles. The third-order valence-electron chi connectivity index (χ3n) is 1.90. The minimum Gasteiger partial charge on any atom is -0.357 e. The van der Waals surface area contributed by atoms with Crippen molar-refractivity contribution in [3.8, 4) is 5.75 Å². The van der Waals surface area contributed by atoms with Crippen molar-refractivity contribution in [1.82, 2.24) is 0 Å². The minimum atomic E-state index is 0.740. The summed E-state index contributed by atoms with van der Waals surface area (Å²) in [4.78, 5) is 5.18. The topological polar surface area (TPSA) is 21.6 Å². The number of benzene rings is 2. The van der Waals surface area contributed by atoms with E-state index >= 15 is 0 Å². The smallest absolute Gasteiger partial charge is 0.157 e. The molecule has 0 N–H and O–H groups in total. The number of nitrogens with zero attached hydrogens (tertiary/aromatic N) is 1. The highest BCUT2D eigenvalue weighted by molar-refractivity contribution is 5.78. The largest absolute Gasteiger partial charge is 0.357 e. The van der Waals surface area contributed by atoms with E-state index in [1.807, 2.05) is 60.7 Å². The Hall–Kier alpha value is -2.09. The summed E-state index contributed by atoms with van der Waals surface area (Å²) in [7, 11) is 0. The highest BCUT2D eigenvalue weighted by atomic mass is 16.6. The van der Waals surface area contributed by atoms with Crippen molar-refractivity contribution >= 4 is 6.21 Å². The summed E-state index contributed by atoms with van der Waals surface area (Å²) < 4.78 is 0. The summed E-state index contributed by atoms with van der Waals surface area (Å²) in [5.41, 5.74) is 1.02. The monoisotopic (exact) mass is 197 g/mol. The standard InChI is InChI=1S/C13H11NO/c1-3-7-12(8-4-1)11-14-15-13-9-5-2-6-10-13/h1-11H/b14-11+. The molecule has 0 bridgehead atoms. The lowest BCUT2D eigenvalue weighted by molar-refractivity contribution is 0.344. The van der Waals surface area contributed by atoms with Gasteiger partial charge < -0.3 is 4.84 Å². The van der Waals surface area contributed by atoms with Crippen LogP contribution in [-0.4, -0.2) is 6.21 Å². The normalized spacial score (nSPS) is 10.4. The molecule has 0 unspecified atom stereocenters. The predicted molar refractivity (Wildman–Crippen MR) is 61.1 cm³/mol. The van der Waals surface area contributed by atoms with Crippen molar-refractivity contribution in [2.75, 3.05) is 0 Å². The van der Waals surface area contributed by atoms with Crippen LogP contribution in [0.4, 0.5) is 0 Å². The van der Waals surface area contributed by atoms with Crippen LogP contribution in [0.15, 0.2) is 65.8 Å². The van der Waals surface area contributed by atoms with Crippen molar-refractivity contribution in [3.05, 3.63) is 66.2 Å². The number of para-hydroxylation sites is 1. The highest BCUT2D eigenvalue weighted by Crippen LogP contribution is 2.08. The van der Waals surface area contributed by atoms with Crippen LogP contribution in [0.1, 0.15) is 5.56 Å². The lowest BCUT2D eigenvalue weighted by Crippen LogP contribution is -1.85. The van der Waals surface area contributed by atoms with Gasteiger partial charge in [-0.1, -0.05) is 53.7 Å². The first-order valence-corrected chi connectivity index (χ1v) is 4.75. The third-order valence-corrected chi connectivity index (χ3v) is 1.90. The third kappa shape index (κ3) is 2.95. The van der Waals surface area contributed by atoms with Crippen molar-refractivity contribution < 1.29 is 4.84 Å². The van der Waals surface area contributed by atoms with E-state index in [-0.39, 0.29) is 0 Å². The Morgan fingerprint density at radius 1 is 0.800 bits per heavy atom. The van der Waals surface area contributed by atoms with Crippen LogP contribution >= 0.6 is 0 Å². The van der Waals surface area contributed by atoms with E-state index in [0.29, 0.717) is 0 Å². The van der Waals surface area contributed by atoms with Crippen LogP contribution in [0.5, 0.6) is 5.75 Å². The van der Waals surface area contributed by atoms with Gasteiger partial charge in [-0.05, 0) is 17.7 Å². The zero-order valence-electron chi connectivity index (χ0n) is 8.21. The van der Waals surface area contributed by atoms with Gasteiger partial charge in [0.05, 0.1) is 6.21 Å². The Bertz CT molecular complexity index is 423. The van der Waals surface area contributed by atoms with Crippen LogP contribution in [0.3, 0.4) is 0 Å². The molecule has 0 saturated carbocycles. The summed E-state index contributed by atoms with van der Waals surface area (Å²) in [6, 6.07) is 19.3. The maximum atomic E-state index is 5.18. The van der Waals surface area contributed by atoms with Crippen molar-refractivity contribution in [2.45, 2.75) is 0 Å². The first kappa shape index (κ1) is 9.46. The summed E-state index contributed by atoms with van der Waals surface area (Å²) in [6.45, 7) is 0. The molecule has 15 heavy (non-hydrogen) atoms. The zero-order valence-corrected chi connectivity index (χ0v) is 8.21. The first-order valence-electron chi connectivity index (χ1n) is 4.75. The van der Waals surface area contributed by atoms with Crippen molar-refractivity contribution in [2.24, 2.45) is 5.16 Å². The van der Waals surface area contributed by atoms with E-state index in [4.69, 9.17) is 4.84 Å². The molecule has 2 aromatic carbocycles. The molecule has 0 spiro atoms. The Morgan fingerprint density at radius 3 is 2.07 bits per heavy atom. The van der Waals surface area contributed by atoms with Crippen LogP contribution in [-0.2, 0) is 0 Å². The summed E-state index contributed by atoms with van der Waals surface area (Å²) in [5.74, 6) is 0.740. The molecular weight excluding hydrogens is 186 g/mol. The minimum absolute atomic E-state index is 0.740. The van der Waals surface area contributed by atoms with Crippen LogP contribution in [0, 0.1) is 0 Å². The SMILES string of the molecule is C(=N\Oc1ccccc1)/c1ccccc1. The molecule has 0 atom stereocenters. The molecule has 2 heteroatoms. The number of oxime groups is 1. The van der Waals surface area contributed by atoms with Crippen molar-refractivity contribution in [1.29, 1.82) is 0 Å². The predicted octanol–water partition coefficient (Wildman–Crippen LogP) is 3.10. The average Bonchev–Trinajstić information content (AvgIpc) is 2.32. The molecule has 0 radical (unpaired) electrons. The molecule has 2 nitrogen and oxygen atoms in total. The molecule has 74 valence electrons. The van der Waals surface area contributed by atoms with E-state index in [1.165, 1.54) is 0 Å². The number of hydrogen-bond donors (Lipinski definition) is 0. The van der Waals surface area contributed by atoms with Gasteiger partial charge in [-0.3, -0.25) is 0 Å². The van der Waals surface area contributed by atoms with Gasteiger partial charge >= 0.3 is 0 Å². The molecule has 0 saturated heterocycles. The number of hydrogen-bond acceptors (Lipinski definition) is 2. The van der Waals surface area contributed by atoms with E-state index in [9.17, 15) is 0 Å². The van der Waals surface area contributed by atoms with E-state index in [1.54, 1.807) is 6.21 Å². The molecule has 0 aliphatic heterocycles. The molecule has 0 fully saturated rings. The van der Waals surface area contributed by atoms with Gasteiger partial charge in [0, 0.05) is 0 Å². The first-order chi connectivity index (χ1) is 7.45. The Labute approximate surface area is 88.8 Å². The molecule has 0 amide bonds. The maximum Gasteiger partial charge on any atom is 0.157 e. The van der Waals surface area contributed by atoms with Crippen LogP contribution in [0.25, 0.3) is 0 Å². The van der Waals surface area contributed by atoms with Crippen molar-refractivity contribution in [3.63, 3.8) is 0 Å². The lowest BCUT2D eigenvalue weighted by atomic mass is 10.2. The second-order valence-corrected chi connectivity index (χ2v) is 3.05. The number of rotatable bonds is 3. The second-order valence-electron chi connectivity index (χ2n) is 3.05. The lowest BCUT2D eigenvalue weighted by Gasteiger charge is -1.96. The van der Waals surface area contributed by atoms with E-state index in [2.05, 4.69) is 5.16 Å². The Balaban J connectivity index is 1.97. The van der Waals surface area contributed by atoms with Gasteiger partial charge in [-0.25, -0.2) is 0 Å². The highest BCUT2D eigenvalue weighted by Gasteiger charge is 1.87. The average molecular weight is 197 g/mol. The maximum absolute atomic E-state index is 5.18. The summed E-state index contributed by atoms with van der Waals surface area (Å²) in [5, 5.41) is 3.89. The Morgan fingerprint density at radius 2 is 1.40 bits per heavy atom. The van der Waals surface area contributed by atoms with Gasteiger partial charge in [0.15, 0.2) is 5.75 Å². The fourth-order valence-electron chi connectivity index (χ4n) is 1.17. The molecule has 0 aliphatic carbocycles. The second kappa shape index (κ2) is 4.96. The van der Waals surface area contributed by atoms with E-state index < -0.39 is 0 Å². The molecule has 0 aromatic heterocycles. The van der Waals surface area contributed by atoms with Gasteiger partial charge in [0.2, 0.25) is 0 Å². The fourth-order valence-corrected chi connectivity index (χ4v) is 1.17. The Kier molecular flexibility index (Phi) is 3.13. The van der Waals surface area contributed by atoms with Crippen LogP contribution in [0.2, 0.25) is 0 Å².